The zero-order chi connectivity index (χ0) is 14.8. The molecule has 0 aromatic heterocycles. The molecule has 1 aromatic carbocycles. The number of halogens is 1. The maximum Gasteiger partial charge on any atom is 0.318 e. The summed E-state index contributed by atoms with van der Waals surface area (Å²) in [5, 5.41) is 4.51. The molecule has 0 spiro atoms. The maximum absolute atomic E-state index is 12.5. The highest BCUT2D eigenvalue weighted by Crippen LogP contribution is 2.39. The lowest BCUT2D eigenvalue weighted by molar-refractivity contribution is 0.149. The van der Waals surface area contributed by atoms with Crippen LogP contribution < -0.4 is 5.32 Å². The minimum Gasteiger partial charge on any atom is -0.334 e. The molecule has 2 atom stereocenters. The van der Waals surface area contributed by atoms with Crippen molar-refractivity contribution in [1.29, 1.82) is 0 Å². The first kappa shape index (κ1) is 15.0. The van der Waals surface area contributed by atoms with E-state index in [1.165, 1.54) is 0 Å². The number of amides is 2. The number of fused-ring (bicyclic) bond motifs is 2. The lowest BCUT2D eigenvalue weighted by Crippen LogP contribution is -2.51. The molecule has 2 unspecified atom stereocenters. The second kappa shape index (κ2) is 6.49. The van der Waals surface area contributed by atoms with Gasteiger partial charge in [0.1, 0.15) is 0 Å². The molecule has 2 aliphatic heterocycles. The van der Waals surface area contributed by atoms with Gasteiger partial charge in [-0.2, -0.15) is 11.8 Å². The van der Waals surface area contributed by atoms with Crippen LogP contribution >= 0.6 is 23.4 Å². The fourth-order valence-electron chi connectivity index (χ4n) is 3.52. The van der Waals surface area contributed by atoms with Gasteiger partial charge in [0.2, 0.25) is 0 Å². The van der Waals surface area contributed by atoms with E-state index in [0.717, 1.165) is 41.5 Å². The molecule has 2 aliphatic rings. The molecule has 21 heavy (non-hydrogen) atoms. The molecular formula is C16H21ClN2OS. The first-order valence-electron chi connectivity index (χ1n) is 7.51. The van der Waals surface area contributed by atoms with E-state index in [1.54, 1.807) is 0 Å². The average molecular weight is 325 g/mol. The van der Waals surface area contributed by atoms with E-state index in [0.29, 0.717) is 18.6 Å². The van der Waals surface area contributed by atoms with Gasteiger partial charge in [0.25, 0.3) is 0 Å². The fraction of sp³-hybridized carbons (Fsp3) is 0.562. The molecule has 2 amide bonds. The molecule has 2 saturated heterocycles. The smallest absolute Gasteiger partial charge is 0.318 e. The number of nitrogens with zero attached hydrogens (tertiary/aromatic N) is 1. The summed E-state index contributed by atoms with van der Waals surface area (Å²) in [7, 11) is 0. The number of benzene rings is 1. The number of rotatable bonds is 3. The molecule has 0 saturated carbocycles. The van der Waals surface area contributed by atoms with E-state index in [-0.39, 0.29) is 6.03 Å². The van der Waals surface area contributed by atoms with Gasteiger partial charge in [0.05, 0.1) is 0 Å². The topological polar surface area (TPSA) is 32.3 Å². The van der Waals surface area contributed by atoms with Crippen LogP contribution in [0.15, 0.2) is 24.3 Å². The number of nitrogens with one attached hydrogen (secondary N) is 1. The molecule has 2 bridgehead atoms. The first-order valence-corrected chi connectivity index (χ1v) is 9.17. The van der Waals surface area contributed by atoms with E-state index >= 15 is 0 Å². The van der Waals surface area contributed by atoms with E-state index in [9.17, 15) is 4.79 Å². The van der Waals surface area contributed by atoms with Crippen LogP contribution in [0.4, 0.5) is 4.79 Å². The van der Waals surface area contributed by atoms with Crippen molar-refractivity contribution < 1.29 is 4.79 Å². The standard InChI is InChI=1S/C16H21ClN2OS/c1-21-15-8-13-6-7-14(9-15)19(13)16(20)18-10-11-2-4-12(17)5-3-11/h2-5,13-15H,6-10H2,1H3,(H,18,20). The number of carbonyl (C=O) groups is 1. The van der Waals surface area contributed by atoms with Crippen molar-refractivity contribution in [2.45, 2.75) is 49.6 Å². The number of thioether (sulfide) groups is 1. The van der Waals surface area contributed by atoms with E-state index in [1.807, 2.05) is 36.0 Å². The van der Waals surface area contributed by atoms with Crippen LogP contribution in [0.2, 0.25) is 5.02 Å². The van der Waals surface area contributed by atoms with Crippen molar-refractivity contribution in [2.24, 2.45) is 0 Å². The molecule has 1 N–H and O–H groups in total. The lowest BCUT2D eigenvalue weighted by Gasteiger charge is -2.38. The van der Waals surface area contributed by atoms with Gasteiger partial charge in [-0.1, -0.05) is 23.7 Å². The number of urea groups is 1. The third-order valence-corrected chi connectivity index (χ3v) is 5.92. The van der Waals surface area contributed by atoms with Gasteiger partial charge in [-0.25, -0.2) is 4.79 Å². The van der Waals surface area contributed by atoms with Crippen LogP contribution in [-0.2, 0) is 6.54 Å². The second-order valence-electron chi connectivity index (χ2n) is 5.91. The fourth-order valence-corrected chi connectivity index (χ4v) is 4.48. The van der Waals surface area contributed by atoms with E-state index in [4.69, 9.17) is 11.6 Å². The third kappa shape index (κ3) is 3.32. The zero-order valence-corrected chi connectivity index (χ0v) is 13.8. The molecule has 5 heteroatoms. The van der Waals surface area contributed by atoms with Crippen LogP contribution in [-0.4, -0.2) is 34.5 Å². The molecule has 2 fully saturated rings. The van der Waals surface area contributed by atoms with Crippen molar-refractivity contribution in [1.82, 2.24) is 10.2 Å². The molecule has 2 heterocycles. The number of piperidine rings is 1. The van der Waals surface area contributed by atoms with Crippen molar-refractivity contribution in [3.63, 3.8) is 0 Å². The predicted octanol–water partition coefficient (Wildman–Crippen LogP) is 3.91. The summed E-state index contributed by atoms with van der Waals surface area (Å²) < 4.78 is 0. The summed E-state index contributed by atoms with van der Waals surface area (Å²) in [5.74, 6) is 0. The summed E-state index contributed by atoms with van der Waals surface area (Å²) in [4.78, 5) is 14.6. The summed E-state index contributed by atoms with van der Waals surface area (Å²) in [5.41, 5.74) is 1.08. The Morgan fingerprint density at radius 2 is 1.90 bits per heavy atom. The highest BCUT2D eigenvalue weighted by atomic mass is 35.5. The number of carbonyl (C=O) groups excluding carboxylic acids is 1. The quantitative estimate of drug-likeness (QED) is 0.914. The third-order valence-electron chi connectivity index (χ3n) is 4.61. The Morgan fingerprint density at radius 1 is 1.29 bits per heavy atom. The van der Waals surface area contributed by atoms with Gasteiger partial charge < -0.3 is 10.2 Å². The van der Waals surface area contributed by atoms with Crippen LogP contribution in [0.3, 0.4) is 0 Å². The Morgan fingerprint density at radius 3 is 2.48 bits per heavy atom. The predicted molar refractivity (Wildman–Crippen MR) is 88.9 cm³/mol. The SMILES string of the molecule is CSC1CC2CCC(C1)N2C(=O)NCc1ccc(Cl)cc1. The zero-order valence-electron chi connectivity index (χ0n) is 12.2. The van der Waals surface area contributed by atoms with E-state index in [2.05, 4.69) is 16.5 Å². The van der Waals surface area contributed by atoms with Gasteiger partial charge in [-0.3, -0.25) is 0 Å². The molecule has 1 aromatic rings. The normalized spacial score (nSPS) is 27.7. The summed E-state index contributed by atoms with van der Waals surface area (Å²) >= 11 is 7.82. The highest BCUT2D eigenvalue weighted by Gasteiger charge is 2.42. The minimum atomic E-state index is 0.0944. The van der Waals surface area contributed by atoms with Crippen LogP contribution in [0.1, 0.15) is 31.2 Å². The summed E-state index contributed by atoms with van der Waals surface area (Å²) in [6, 6.07) is 8.59. The molecular weight excluding hydrogens is 304 g/mol. The Labute approximate surface area is 135 Å². The van der Waals surface area contributed by atoms with Crippen LogP contribution in [0, 0.1) is 0 Å². The Balaban J connectivity index is 1.57. The maximum atomic E-state index is 12.5. The van der Waals surface area contributed by atoms with Crippen molar-refractivity contribution in [2.75, 3.05) is 6.26 Å². The monoisotopic (exact) mass is 324 g/mol. The van der Waals surface area contributed by atoms with Crippen molar-refractivity contribution in [3.8, 4) is 0 Å². The molecule has 0 aliphatic carbocycles. The first-order chi connectivity index (χ1) is 10.2. The van der Waals surface area contributed by atoms with Crippen molar-refractivity contribution in [3.05, 3.63) is 34.9 Å². The van der Waals surface area contributed by atoms with Gasteiger partial charge in [-0.15, -0.1) is 0 Å². The molecule has 3 rings (SSSR count). The van der Waals surface area contributed by atoms with Crippen LogP contribution in [0.5, 0.6) is 0 Å². The lowest BCUT2D eigenvalue weighted by atomic mass is 10.0. The van der Waals surface area contributed by atoms with Gasteiger partial charge in [0, 0.05) is 28.9 Å². The number of hydrogen-bond donors (Lipinski definition) is 1. The van der Waals surface area contributed by atoms with Gasteiger partial charge >= 0.3 is 6.03 Å². The Hall–Kier alpha value is -0.870. The second-order valence-corrected chi connectivity index (χ2v) is 7.48. The summed E-state index contributed by atoms with van der Waals surface area (Å²) in [6.07, 6.45) is 6.80. The largest absolute Gasteiger partial charge is 0.334 e. The van der Waals surface area contributed by atoms with Gasteiger partial charge in [-0.05, 0) is 49.6 Å². The minimum absolute atomic E-state index is 0.0944. The highest BCUT2D eigenvalue weighted by molar-refractivity contribution is 7.99. The number of hydrogen-bond acceptors (Lipinski definition) is 2. The Bertz CT molecular complexity index is 494. The van der Waals surface area contributed by atoms with Crippen LogP contribution in [0.25, 0.3) is 0 Å². The van der Waals surface area contributed by atoms with E-state index < -0.39 is 0 Å². The van der Waals surface area contributed by atoms with Crippen molar-refractivity contribution >= 4 is 29.4 Å². The Kier molecular flexibility index (Phi) is 4.65. The molecule has 0 radical (unpaired) electrons. The van der Waals surface area contributed by atoms with Gasteiger partial charge in [0.15, 0.2) is 0 Å². The molecule has 114 valence electrons. The summed E-state index contributed by atoms with van der Waals surface area (Å²) in [6.45, 7) is 0.567. The average Bonchev–Trinajstić information content (AvgIpc) is 2.77. The molecule has 3 nitrogen and oxygen atoms in total.